The van der Waals surface area contributed by atoms with Crippen molar-refractivity contribution in [2.45, 2.75) is 18.4 Å². The van der Waals surface area contributed by atoms with Crippen molar-refractivity contribution in [1.82, 2.24) is 0 Å². The molecule has 112 valence electrons. The number of quaternary nitrogens is 1. The Morgan fingerprint density at radius 3 is 2.48 bits per heavy atom. The highest BCUT2D eigenvalue weighted by Crippen LogP contribution is 2.27. The average Bonchev–Trinajstić information content (AvgIpc) is 2.45. The molecule has 0 heterocycles. The fourth-order valence-corrected chi connectivity index (χ4v) is 2.81. The van der Waals surface area contributed by atoms with E-state index in [2.05, 4.69) is 17.0 Å². The predicted molar refractivity (Wildman–Crippen MR) is 79.2 cm³/mol. The minimum absolute atomic E-state index is 0.0818. The Morgan fingerprint density at radius 2 is 1.86 bits per heavy atom. The van der Waals surface area contributed by atoms with Crippen molar-refractivity contribution in [2.24, 2.45) is 0 Å². The van der Waals surface area contributed by atoms with Crippen LogP contribution in [-0.4, -0.2) is 15.0 Å². The van der Waals surface area contributed by atoms with E-state index >= 15 is 0 Å². The van der Waals surface area contributed by atoms with Gasteiger partial charge >= 0.3 is 0 Å². The largest absolute Gasteiger partial charge is 0.573 e. The Morgan fingerprint density at radius 1 is 1.14 bits per heavy atom. The second-order valence-corrected chi connectivity index (χ2v) is 6.20. The summed E-state index contributed by atoms with van der Waals surface area (Å²) in [6.45, 7) is 3.82. The fraction of sp³-hybridized carbons (Fsp3) is 0.200. The lowest BCUT2D eigenvalue weighted by Crippen LogP contribution is -2.81. The normalized spacial score (nSPS) is 11.3. The highest BCUT2D eigenvalue weighted by Gasteiger charge is 2.05. The van der Waals surface area contributed by atoms with Crippen molar-refractivity contribution in [3.8, 4) is 0 Å². The number of sulfonamides is 1. The highest BCUT2D eigenvalue weighted by atomic mass is 32.2. The molecule has 0 fully saturated rings. The van der Waals surface area contributed by atoms with Crippen LogP contribution in [0.4, 0.5) is 10.1 Å². The molecule has 0 bridgehead atoms. The molecule has 6 heteroatoms. The van der Waals surface area contributed by atoms with Crippen molar-refractivity contribution in [2.75, 3.05) is 6.54 Å². The Bertz CT molecular complexity index is 700. The molecule has 2 aromatic carbocycles. The van der Waals surface area contributed by atoms with Crippen molar-refractivity contribution < 1.29 is 18.1 Å². The molecule has 4 nitrogen and oxygen atoms in total. The molecule has 0 radical (unpaired) electrons. The van der Waals surface area contributed by atoms with Gasteiger partial charge in [0.25, 0.3) is 0 Å². The zero-order chi connectivity index (χ0) is 15.3. The van der Waals surface area contributed by atoms with Crippen LogP contribution in [0.1, 0.15) is 12.5 Å². The maximum atomic E-state index is 13.1. The van der Waals surface area contributed by atoms with Crippen LogP contribution in [0.25, 0.3) is 4.72 Å². The van der Waals surface area contributed by atoms with Crippen molar-refractivity contribution in [3.05, 3.63) is 64.6 Å². The smallest absolute Gasteiger partial charge is 0.123 e. The summed E-state index contributed by atoms with van der Waals surface area (Å²) in [6, 6.07) is 11.8. The molecule has 0 aliphatic heterocycles. The SMILES string of the molecule is CC[NH2+]Cc1ccc(S(=O)(=O)[N-]c2cccc(F)c2)cc1. The summed E-state index contributed by atoms with van der Waals surface area (Å²) in [5.41, 5.74) is 1.12. The lowest BCUT2D eigenvalue weighted by Gasteiger charge is -2.21. The van der Waals surface area contributed by atoms with E-state index in [9.17, 15) is 12.8 Å². The molecule has 0 unspecified atom stereocenters. The van der Waals surface area contributed by atoms with Gasteiger partial charge in [-0.15, -0.1) is 5.69 Å². The lowest BCUT2D eigenvalue weighted by atomic mass is 10.2. The van der Waals surface area contributed by atoms with E-state index < -0.39 is 15.8 Å². The van der Waals surface area contributed by atoms with Gasteiger partial charge in [0, 0.05) is 5.56 Å². The molecule has 0 aliphatic carbocycles. The summed E-state index contributed by atoms with van der Waals surface area (Å²) in [4.78, 5) is 0.104. The molecule has 2 rings (SSSR count). The van der Waals surface area contributed by atoms with Gasteiger partial charge in [-0.05, 0) is 31.2 Å². The first-order valence-electron chi connectivity index (χ1n) is 6.65. The molecule has 21 heavy (non-hydrogen) atoms. The van der Waals surface area contributed by atoms with Gasteiger partial charge in [0.2, 0.25) is 0 Å². The van der Waals surface area contributed by atoms with Crippen LogP contribution in [0.15, 0.2) is 53.4 Å². The van der Waals surface area contributed by atoms with Crippen molar-refractivity contribution in [3.63, 3.8) is 0 Å². The molecule has 2 aromatic rings. The summed E-state index contributed by atoms with van der Waals surface area (Å²) in [5, 5.41) is 2.11. The third kappa shape index (κ3) is 4.27. The summed E-state index contributed by atoms with van der Waals surface area (Å²) in [5.74, 6) is -0.517. The molecule has 0 aliphatic rings. The predicted octanol–water partition coefficient (Wildman–Crippen LogP) is 2.30. The maximum absolute atomic E-state index is 13.1. The van der Waals surface area contributed by atoms with Gasteiger partial charge in [0.1, 0.15) is 22.4 Å². The maximum Gasteiger partial charge on any atom is 0.123 e. The zero-order valence-electron chi connectivity index (χ0n) is 11.7. The van der Waals surface area contributed by atoms with Crippen LogP contribution >= 0.6 is 0 Å². The molecular weight excluding hydrogens is 291 g/mol. The topological polar surface area (TPSA) is 64.8 Å². The first-order valence-corrected chi connectivity index (χ1v) is 8.09. The van der Waals surface area contributed by atoms with Crippen LogP contribution < -0.4 is 5.32 Å². The molecule has 0 saturated carbocycles. The second kappa shape index (κ2) is 6.69. The molecule has 0 atom stereocenters. The Balaban J connectivity index is 2.15. The van der Waals surface area contributed by atoms with Gasteiger partial charge < -0.3 is 10.0 Å². The van der Waals surface area contributed by atoms with E-state index in [0.717, 1.165) is 24.7 Å². The van der Waals surface area contributed by atoms with Crippen LogP contribution in [0.2, 0.25) is 0 Å². The first-order chi connectivity index (χ1) is 10.0. The molecule has 2 N–H and O–H groups in total. The van der Waals surface area contributed by atoms with Crippen LogP contribution in [0, 0.1) is 5.82 Å². The minimum atomic E-state index is -3.82. The van der Waals surface area contributed by atoms with Gasteiger partial charge in [0.05, 0.1) is 11.4 Å². The van der Waals surface area contributed by atoms with Gasteiger partial charge in [0.15, 0.2) is 0 Å². The molecular formula is C15H17FN2O2S. The highest BCUT2D eigenvalue weighted by molar-refractivity contribution is 7.94. The number of rotatable bonds is 6. The number of halogens is 1. The fourth-order valence-electron chi connectivity index (χ4n) is 1.83. The number of nitrogens with two attached hydrogens (primary N) is 1. The molecule has 0 saturated heterocycles. The van der Waals surface area contributed by atoms with Gasteiger partial charge in [-0.25, -0.2) is 12.8 Å². The lowest BCUT2D eigenvalue weighted by molar-refractivity contribution is -0.667. The second-order valence-electron chi connectivity index (χ2n) is 4.59. The summed E-state index contributed by atoms with van der Waals surface area (Å²) < 4.78 is 41.0. The van der Waals surface area contributed by atoms with Crippen LogP contribution in [0.3, 0.4) is 0 Å². The van der Waals surface area contributed by atoms with Gasteiger partial charge in [-0.1, -0.05) is 24.3 Å². The minimum Gasteiger partial charge on any atom is -0.573 e. The zero-order valence-corrected chi connectivity index (χ0v) is 12.5. The Labute approximate surface area is 124 Å². The number of hydrogen-bond acceptors (Lipinski definition) is 2. The van der Waals surface area contributed by atoms with Crippen molar-refractivity contribution in [1.29, 1.82) is 0 Å². The summed E-state index contributed by atoms with van der Waals surface area (Å²) in [7, 11) is -3.82. The van der Waals surface area contributed by atoms with Gasteiger partial charge in [-0.2, -0.15) is 0 Å². The van der Waals surface area contributed by atoms with Gasteiger partial charge in [-0.3, -0.25) is 0 Å². The summed E-state index contributed by atoms with van der Waals surface area (Å²) in [6.07, 6.45) is 0. The number of nitrogens with zero attached hydrogens (tertiary/aromatic N) is 1. The van der Waals surface area contributed by atoms with E-state index in [1.54, 1.807) is 12.1 Å². The van der Waals surface area contributed by atoms with Crippen LogP contribution in [-0.2, 0) is 16.6 Å². The van der Waals surface area contributed by atoms with E-state index in [0.29, 0.717) is 0 Å². The number of benzene rings is 2. The average molecular weight is 308 g/mol. The Hall–Kier alpha value is -1.92. The first kappa shape index (κ1) is 15.5. The Kier molecular flexibility index (Phi) is 4.93. The molecule has 0 aromatic heterocycles. The third-order valence-corrected chi connectivity index (χ3v) is 4.24. The van der Waals surface area contributed by atoms with E-state index in [-0.39, 0.29) is 10.6 Å². The molecule has 0 amide bonds. The third-order valence-electron chi connectivity index (χ3n) is 2.92. The summed E-state index contributed by atoms with van der Waals surface area (Å²) >= 11 is 0. The van der Waals surface area contributed by atoms with E-state index in [4.69, 9.17) is 0 Å². The van der Waals surface area contributed by atoms with Crippen LogP contribution in [0.5, 0.6) is 0 Å². The van der Waals surface area contributed by atoms with Crippen molar-refractivity contribution >= 4 is 15.7 Å². The standard InChI is InChI=1S/C15H16FN2O2S/c1-2-17-11-12-6-8-15(9-7-12)21(19,20)18-14-5-3-4-13(16)10-14/h3-10,17H,2,11H2,1H3/q-1/p+1. The van der Waals surface area contributed by atoms with E-state index in [1.807, 2.05) is 0 Å². The monoisotopic (exact) mass is 308 g/mol. The number of hydrogen-bond donors (Lipinski definition) is 1. The quantitative estimate of drug-likeness (QED) is 0.890. The van der Waals surface area contributed by atoms with E-state index in [1.165, 1.54) is 30.3 Å². The molecule has 0 spiro atoms.